The summed E-state index contributed by atoms with van der Waals surface area (Å²) in [6.07, 6.45) is -10.5. The number of carbonyl (C=O) groups is 1. The molecule has 2 aliphatic rings. The van der Waals surface area contributed by atoms with Gasteiger partial charge in [-0.15, -0.1) is 0 Å². The summed E-state index contributed by atoms with van der Waals surface area (Å²) < 4.78 is 85.4. The Hall–Kier alpha value is -2.79. The van der Waals surface area contributed by atoms with Crippen LogP contribution in [0.25, 0.3) is 0 Å². The second-order valence-electron chi connectivity index (χ2n) is 8.66. The lowest BCUT2D eigenvalue weighted by molar-refractivity contribution is -0.143. The lowest BCUT2D eigenvalue weighted by Crippen LogP contribution is -2.60. The Balaban J connectivity index is 1.61. The van der Waals surface area contributed by atoms with Crippen LogP contribution in [0.15, 0.2) is 48.5 Å². The van der Waals surface area contributed by atoms with Gasteiger partial charge in [-0.25, -0.2) is 4.79 Å². The van der Waals surface area contributed by atoms with E-state index in [1.54, 1.807) is 0 Å². The predicted octanol–water partition coefficient (Wildman–Crippen LogP) is 4.74. The van der Waals surface area contributed by atoms with Crippen LogP contribution in [0.4, 0.5) is 31.1 Å². The zero-order valence-electron chi connectivity index (χ0n) is 18.1. The highest BCUT2D eigenvalue weighted by Gasteiger charge is 2.46. The number of carbonyl (C=O) groups excluding carboxylic acids is 1. The monoisotopic (exact) mass is 487 g/mol. The molecule has 0 aliphatic carbocycles. The molecule has 4 rings (SSSR count). The Labute approximate surface area is 191 Å². The van der Waals surface area contributed by atoms with E-state index in [2.05, 4.69) is 16.0 Å². The normalized spacial score (nSPS) is 25.9. The summed E-state index contributed by atoms with van der Waals surface area (Å²) in [5.74, 6) is 0. The Kier molecular flexibility index (Phi) is 6.28. The van der Waals surface area contributed by atoms with Crippen molar-refractivity contribution in [3.05, 3.63) is 70.8 Å². The number of hydrogen-bond donors (Lipinski definition) is 3. The van der Waals surface area contributed by atoms with Crippen LogP contribution in [-0.4, -0.2) is 31.3 Å². The molecule has 34 heavy (non-hydrogen) atoms. The van der Waals surface area contributed by atoms with Gasteiger partial charge >= 0.3 is 18.4 Å². The highest BCUT2D eigenvalue weighted by atomic mass is 19.4. The zero-order chi connectivity index (χ0) is 24.7. The third kappa shape index (κ3) is 5.00. The summed E-state index contributed by atoms with van der Waals surface area (Å²) >= 11 is 0. The standard InChI is InChI=1S/C23H23F6N3O2/c1-13(14-7-16(22(24,25)26)9-17(8-14)23(27,28)29)34-12-21(15-5-3-2-4-6-15)10-18-19(11-30-21)32-20(33)31-18/h2-9,13,18-19,30H,10-12H2,1H3,(H2,31,32,33)/t13-,18+,19-,21-/m1/s1. The zero-order valence-corrected chi connectivity index (χ0v) is 18.1. The molecule has 5 nitrogen and oxygen atoms in total. The first-order chi connectivity index (χ1) is 15.9. The summed E-state index contributed by atoms with van der Waals surface area (Å²) in [5, 5.41) is 9.04. The van der Waals surface area contributed by atoms with E-state index in [0.717, 1.165) is 5.56 Å². The minimum Gasteiger partial charge on any atom is -0.372 e. The van der Waals surface area contributed by atoms with E-state index in [0.29, 0.717) is 25.1 Å². The van der Waals surface area contributed by atoms with Gasteiger partial charge in [0.25, 0.3) is 0 Å². The lowest BCUT2D eigenvalue weighted by Gasteiger charge is -2.43. The van der Waals surface area contributed by atoms with Crippen LogP contribution in [-0.2, 0) is 22.6 Å². The third-order valence-electron chi connectivity index (χ3n) is 6.33. The first-order valence-corrected chi connectivity index (χ1v) is 10.7. The minimum absolute atomic E-state index is 0.0329. The summed E-state index contributed by atoms with van der Waals surface area (Å²) in [4.78, 5) is 11.8. The average molecular weight is 487 g/mol. The number of nitrogens with one attached hydrogen (secondary N) is 3. The maximum atomic E-state index is 13.3. The van der Waals surface area contributed by atoms with Crippen molar-refractivity contribution >= 4 is 6.03 Å². The van der Waals surface area contributed by atoms with Crippen LogP contribution < -0.4 is 16.0 Å². The number of halogens is 6. The highest BCUT2D eigenvalue weighted by molar-refractivity contribution is 5.77. The molecule has 0 saturated carbocycles. The molecule has 2 heterocycles. The molecule has 2 aliphatic heterocycles. The number of piperidine rings is 1. The molecular weight excluding hydrogens is 464 g/mol. The summed E-state index contributed by atoms with van der Waals surface area (Å²) in [7, 11) is 0. The largest absolute Gasteiger partial charge is 0.416 e. The molecule has 0 radical (unpaired) electrons. The Morgan fingerprint density at radius 2 is 1.56 bits per heavy atom. The van der Waals surface area contributed by atoms with E-state index >= 15 is 0 Å². The highest BCUT2D eigenvalue weighted by Crippen LogP contribution is 2.39. The third-order valence-corrected chi connectivity index (χ3v) is 6.33. The minimum atomic E-state index is -4.94. The van der Waals surface area contributed by atoms with Crippen molar-refractivity contribution in [1.29, 1.82) is 0 Å². The molecule has 2 amide bonds. The Bertz CT molecular complexity index is 1010. The average Bonchev–Trinajstić information content (AvgIpc) is 3.15. The summed E-state index contributed by atoms with van der Waals surface area (Å²) in [6.45, 7) is 1.80. The first-order valence-electron chi connectivity index (χ1n) is 10.7. The molecule has 0 spiro atoms. The van der Waals surface area contributed by atoms with Gasteiger partial charge in [-0.05, 0) is 42.7 Å². The van der Waals surface area contributed by atoms with Crippen LogP contribution in [0, 0.1) is 0 Å². The van der Waals surface area contributed by atoms with Gasteiger partial charge in [-0.3, -0.25) is 0 Å². The van der Waals surface area contributed by atoms with E-state index in [1.165, 1.54) is 6.92 Å². The number of rotatable bonds is 5. The van der Waals surface area contributed by atoms with Gasteiger partial charge in [0, 0.05) is 6.54 Å². The molecule has 4 atom stereocenters. The smallest absolute Gasteiger partial charge is 0.372 e. The van der Waals surface area contributed by atoms with Crippen molar-refractivity contribution < 1.29 is 35.9 Å². The second kappa shape index (κ2) is 8.77. The first kappa shape index (κ1) is 24.3. The second-order valence-corrected chi connectivity index (χ2v) is 8.66. The van der Waals surface area contributed by atoms with Crippen LogP contribution >= 0.6 is 0 Å². The fourth-order valence-corrected chi connectivity index (χ4v) is 4.47. The maximum absolute atomic E-state index is 13.3. The lowest BCUT2D eigenvalue weighted by atomic mass is 9.79. The van der Waals surface area contributed by atoms with E-state index in [1.807, 2.05) is 30.3 Å². The van der Waals surface area contributed by atoms with Gasteiger partial charge in [-0.2, -0.15) is 26.3 Å². The van der Waals surface area contributed by atoms with Crippen molar-refractivity contribution in [3.8, 4) is 0 Å². The molecule has 0 aromatic heterocycles. The summed E-state index contributed by atoms with van der Waals surface area (Å²) in [6, 6.07) is 10.0. The molecule has 11 heteroatoms. The van der Waals surface area contributed by atoms with Crippen LogP contribution in [0.3, 0.4) is 0 Å². The topological polar surface area (TPSA) is 62.4 Å². The van der Waals surface area contributed by atoms with E-state index in [-0.39, 0.29) is 36.4 Å². The molecule has 2 fully saturated rings. The van der Waals surface area contributed by atoms with Crippen molar-refractivity contribution in [2.45, 2.75) is 49.4 Å². The number of urea groups is 1. The fraction of sp³-hybridized carbons (Fsp3) is 0.435. The van der Waals surface area contributed by atoms with Crippen molar-refractivity contribution in [3.63, 3.8) is 0 Å². The van der Waals surface area contributed by atoms with Crippen LogP contribution in [0.1, 0.15) is 41.7 Å². The van der Waals surface area contributed by atoms with E-state index in [9.17, 15) is 31.1 Å². The van der Waals surface area contributed by atoms with Crippen LogP contribution in [0.5, 0.6) is 0 Å². The van der Waals surface area contributed by atoms with Crippen LogP contribution in [0.2, 0.25) is 0 Å². The Morgan fingerprint density at radius 3 is 2.15 bits per heavy atom. The van der Waals surface area contributed by atoms with Gasteiger partial charge in [0.05, 0.1) is 41.5 Å². The van der Waals surface area contributed by atoms with Gasteiger partial charge < -0.3 is 20.7 Å². The molecule has 2 aromatic carbocycles. The van der Waals surface area contributed by atoms with Gasteiger partial charge in [-0.1, -0.05) is 30.3 Å². The predicted molar refractivity (Wildman–Crippen MR) is 111 cm³/mol. The quantitative estimate of drug-likeness (QED) is 0.534. The molecule has 0 bridgehead atoms. The number of ether oxygens (including phenoxy) is 1. The summed E-state index contributed by atoms with van der Waals surface area (Å²) in [5.41, 5.74) is -2.96. The fourth-order valence-electron chi connectivity index (χ4n) is 4.47. The van der Waals surface area contributed by atoms with Gasteiger partial charge in [0.2, 0.25) is 0 Å². The SMILES string of the molecule is C[C@@H](OC[C@@]1(c2ccccc2)C[C@@H]2NC(=O)N[C@@H]2CN1)c1cc(C(F)(F)F)cc(C(F)(F)F)c1. The Morgan fingerprint density at radius 1 is 0.971 bits per heavy atom. The van der Waals surface area contributed by atoms with Crippen molar-refractivity contribution in [2.24, 2.45) is 0 Å². The molecule has 3 N–H and O–H groups in total. The molecular formula is C23H23F6N3O2. The number of fused-ring (bicyclic) bond motifs is 1. The van der Waals surface area contributed by atoms with E-state index < -0.39 is 35.1 Å². The van der Waals surface area contributed by atoms with E-state index in [4.69, 9.17) is 4.74 Å². The van der Waals surface area contributed by atoms with Gasteiger partial charge in [0.1, 0.15) is 0 Å². The molecule has 0 unspecified atom stereocenters. The molecule has 2 saturated heterocycles. The molecule has 184 valence electrons. The van der Waals surface area contributed by atoms with Gasteiger partial charge in [0.15, 0.2) is 0 Å². The molecule has 2 aromatic rings. The number of hydrogen-bond acceptors (Lipinski definition) is 3. The number of amides is 2. The van der Waals surface area contributed by atoms with Crippen molar-refractivity contribution in [1.82, 2.24) is 16.0 Å². The number of alkyl halides is 6. The van der Waals surface area contributed by atoms with Crippen molar-refractivity contribution in [2.75, 3.05) is 13.2 Å². The maximum Gasteiger partial charge on any atom is 0.416 e. The number of benzene rings is 2.